The van der Waals surface area contributed by atoms with E-state index >= 15 is 0 Å². The second kappa shape index (κ2) is 11.3. The van der Waals surface area contributed by atoms with Crippen molar-refractivity contribution in [2.75, 3.05) is 18.0 Å². The zero-order chi connectivity index (χ0) is 27.6. The molecule has 2 aromatic carbocycles. The van der Waals surface area contributed by atoms with Gasteiger partial charge in [-0.2, -0.15) is 13.2 Å². The van der Waals surface area contributed by atoms with Gasteiger partial charge in [-0.25, -0.2) is 4.98 Å². The zero-order valence-electron chi connectivity index (χ0n) is 21.5. The highest BCUT2D eigenvalue weighted by atomic mass is 35.5. The van der Waals surface area contributed by atoms with E-state index in [1.807, 2.05) is 13.0 Å². The minimum atomic E-state index is -4.35. The molecule has 9 heteroatoms. The Hall–Kier alpha value is -3.52. The first-order valence-corrected chi connectivity index (χ1v) is 13.5. The number of aryl methyl sites for hydroxylation is 2. The number of ketones is 1. The highest BCUT2D eigenvalue weighted by molar-refractivity contribution is 6.30. The van der Waals surface area contributed by atoms with Gasteiger partial charge < -0.3 is 9.64 Å². The third kappa shape index (κ3) is 6.22. The zero-order valence-corrected chi connectivity index (χ0v) is 22.3. The fourth-order valence-corrected chi connectivity index (χ4v) is 5.17. The Morgan fingerprint density at radius 2 is 1.72 bits per heavy atom. The molecule has 204 valence electrons. The Kier molecular flexibility index (Phi) is 7.84. The lowest BCUT2D eigenvalue weighted by atomic mass is 10.0. The normalized spacial score (nSPS) is 14.6. The average Bonchev–Trinajstić information content (AvgIpc) is 3.30. The Labute approximate surface area is 230 Å². The van der Waals surface area contributed by atoms with E-state index < -0.39 is 11.7 Å². The van der Waals surface area contributed by atoms with Crippen LogP contribution in [0.5, 0.6) is 5.75 Å². The number of carbonyl (C=O) groups excluding carboxylic acids is 1. The number of carbonyl (C=O) groups is 1. The fraction of sp³-hybridized carbons (Fsp3) is 0.333. The van der Waals surface area contributed by atoms with Gasteiger partial charge in [0.15, 0.2) is 5.78 Å². The van der Waals surface area contributed by atoms with E-state index in [9.17, 15) is 18.0 Å². The molecule has 2 aromatic heterocycles. The third-order valence-corrected chi connectivity index (χ3v) is 7.35. The molecular weight excluding hydrogens is 527 g/mol. The van der Waals surface area contributed by atoms with Gasteiger partial charge in [-0.05, 0) is 66.9 Å². The molecule has 3 heterocycles. The third-order valence-electron chi connectivity index (χ3n) is 7.12. The minimum absolute atomic E-state index is 0.0363. The number of aromatic nitrogens is 2. The monoisotopic (exact) mass is 555 g/mol. The van der Waals surface area contributed by atoms with Gasteiger partial charge in [-0.1, -0.05) is 30.7 Å². The summed E-state index contributed by atoms with van der Waals surface area (Å²) in [7, 11) is 0. The van der Waals surface area contributed by atoms with Crippen LogP contribution in [0.3, 0.4) is 0 Å². The molecule has 0 radical (unpaired) electrons. The molecule has 0 N–H and O–H groups in total. The van der Waals surface area contributed by atoms with Crippen molar-refractivity contribution in [1.82, 2.24) is 9.38 Å². The number of imidazole rings is 1. The highest BCUT2D eigenvalue weighted by Crippen LogP contribution is 2.31. The van der Waals surface area contributed by atoms with Gasteiger partial charge >= 0.3 is 6.18 Å². The number of halogens is 4. The molecule has 0 spiro atoms. The summed E-state index contributed by atoms with van der Waals surface area (Å²) >= 11 is 6.16. The van der Waals surface area contributed by atoms with E-state index in [-0.39, 0.29) is 11.9 Å². The topological polar surface area (TPSA) is 46.8 Å². The molecule has 1 aliphatic heterocycles. The smallest absolute Gasteiger partial charge is 0.416 e. The van der Waals surface area contributed by atoms with Crippen LogP contribution in [0.15, 0.2) is 66.9 Å². The first-order chi connectivity index (χ1) is 18.7. The molecule has 0 unspecified atom stereocenters. The summed E-state index contributed by atoms with van der Waals surface area (Å²) in [5, 5.41) is 0.558. The molecule has 1 saturated heterocycles. The summed E-state index contributed by atoms with van der Waals surface area (Å²) in [6.07, 6.45) is 0.575. The number of Topliss-reactive ketones (excluding diaryl/α,β-unsaturated/α-hetero) is 1. The van der Waals surface area contributed by atoms with Gasteiger partial charge in [0.05, 0.1) is 16.3 Å². The van der Waals surface area contributed by atoms with Gasteiger partial charge in [0.1, 0.15) is 23.2 Å². The Morgan fingerprint density at radius 3 is 2.36 bits per heavy atom. The van der Waals surface area contributed by atoms with Crippen LogP contribution in [0.4, 0.5) is 18.9 Å². The second-order valence-electron chi connectivity index (χ2n) is 9.75. The van der Waals surface area contributed by atoms with Crippen LogP contribution >= 0.6 is 11.6 Å². The van der Waals surface area contributed by atoms with Crippen molar-refractivity contribution in [2.24, 2.45) is 0 Å². The van der Waals surface area contributed by atoms with Crippen LogP contribution < -0.4 is 9.64 Å². The van der Waals surface area contributed by atoms with Crippen molar-refractivity contribution in [2.45, 2.75) is 51.3 Å². The lowest BCUT2D eigenvalue weighted by Gasteiger charge is -2.33. The van der Waals surface area contributed by atoms with E-state index in [0.29, 0.717) is 35.7 Å². The molecule has 0 bridgehead atoms. The largest absolute Gasteiger partial charge is 0.490 e. The maximum atomic E-state index is 13.1. The quantitative estimate of drug-likeness (QED) is 0.212. The van der Waals surface area contributed by atoms with E-state index in [4.69, 9.17) is 16.3 Å². The van der Waals surface area contributed by atoms with E-state index in [1.54, 1.807) is 16.7 Å². The molecule has 0 atom stereocenters. The van der Waals surface area contributed by atoms with Crippen molar-refractivity contribution < 1.29 is 22.7 Å². The fourth-order valence-electron chi connectivity index (χ4n) is 5.01. The van der Waals surface area contributed by atoms with Crippen molar-refractivity contribution in [3.8, 4) is 5.75 Å². The number of hydrogen-bond acceptors (Lipinski definition) is 4. The molecule has 0 amide bonds. The SMILES string of the molecule is CCc1nc2ccc(Cl)cn2c1C(=O)CCc1ccc(N2CCC(Oc3ccc(C(F)(F)F)cc3)CC2)cc1. The van der Waals surface area contributed by atoms with Crippen LogP contribution in [0.25, 0.3) is 5.65 Å². The van der Waals surface area contributed by atoms with Crippen molar-refractivity contribution in [3.63, 3.8) is 0 Å². The van der Waals surface area contributed by atoms with Crippen molar-refractivity contribution in [3.05, 3.63) is 94.4 Å². The van der Waals surface area contributed by atoms with E-state index in [1.165, 1.54) is 12.1 Å². The molecule has 0 aliphatic carbocycles. The first kappa shape index (κ1) is 27.1. The number of piperidine rings is 1. The van der Waals surface area contributed by atoms with Crippen LogP contribution in [0.2, 0.25) is 5.02 Å². The van der Waals surface area contributed by atoms with Crippen LogP contribution in [0, 0.1) is 0 Å². The number of anilines is 1. The van der Waals surface area contributed by atoms with Gasteiger partial charge in [0.2, 0.25) is 0 Å². The number of hydrogen-bond donors (Lipinski definition) is 0. The number of benzene rings is 2. The molecule has 5 rings (SSSR count). The predicted octanol–water partition coefficient (Wildman–Crippen LogP) is 7.43. The lowest BCUT2D eigenvalue weighted by molar-refractivity contribution is -0.137. The summed E-state index contributed by atoms with van der Waals surface area (Å²) in [6.45, 7) is 3.57. The summed E-state index contributed by atoms with van der Waals surface area (Å²) in [6, 6.07) is 16.7. The van der Waals surface area contributed by atoms with Gasteiger partial charge in [-0.15, -0.1) is 0 Å². The predicted molar refractivity (Wildman–Crippen MR) is 146 cm³/mol. The Bertz CT molecular complexity index is 1440. The summed E-state index contributed by atoms with van der Waals surface area (Å²) in [5.74, 6) is 0.499. The number of fused-ring (bicyclic) bond motifs is 1. The van der Waals surface area contributed by atoms with E-state index in [2.05, 4.69) is 34.1 Å². The standard InChI is InChI=1S/C30H29ClF3N3O2/c1-2-26-29(37-19-22(31)8-14-28(37)35-26)27(38)13-5-20-3-9-23(10-4-20)36-17-15-25(16-18-36)39-24-11-6-21(7-12-24)30(32,33)34/h3-4,6-12,14,19,25H,2,5,13,15-18H2,1H3. The number of alkyl halides is 3. The van der Waals surface area contributed by atoms with Crippen LogP contribution in [-0.4, -0.2) is 34.4 Å². The Balaban J connectivity index is 1.14. The van der Waals surface area contributed by atoms with Gasteiger partial charge in [0.25, 0.3) is 0 Å². The second-order valence-corrected chi connectivity index (χ2v) is 10.2. The summed E-state index contributed by atoms with van der Waals surface area (Å²) in [5.41, 5.74) is 3.61. The van der Waals surface area contributed by atoms with Crippen LogP contribution in [0.1, 0.15) is 53.5 Å². The number of pyridine rings is 1. The van der Waals surface area contributed by atoms with Crippen molar-refractivity contribution in [1.29, 1.82) is 0 Å². The maximum absolute atomic E-state index is 13.1. The van der Waals surface area contributed by atoms with E-state index in [0.717, 1.165) is 60.7 Å². The van der Waals surface area contributed by atoms with Crippen LogP contribution in [-0.2, 0) is 19.0 Å². The number of ether oxygens (including phenoxy) is 1. The highest BCUT2D eigenvalue weighted by Gasteiger charge is 2.30. The number of nitrogens with zero attached hydrogens (tertiary/aromatic N) is 3. The molecule has 1 fully saturated rings. The van der Waals surface area contributed by atoms with Gasteiger partial charge in [-0.3, -0.25) is 9.20 Å². The number of rotatable bonds is 8. The summed E-state index contributed by atoms with van der Waals surface area (Å²) < 4.78 is 46.0. The minimum Gasteiger partial charge on any atom is -0.490 e. The molecular formula is C30H29ClF3N3O2. The molecule has 4 aromatic rings. The average molecular weight is 556 g/mol. The first-order valence-electron chi connectivity index (χ1n) is 13.1. The maximum Gasteiger partial charge on any atom is 0.416 e. The lowest BCUT2D eigenvalue weighted by Crippen LogP contribution is -2.38. The Morgan fingerprint density at radius 1 is 1.03 bits per heavy atom. The molecule has 1 aliphatic rings. The summed E-state index contributed by atoms with van der Waals surface area (Å²) in [4.78, 5) is 20.0. The molecule has 5 nitrogen and oxygen atoms in total. The van der Waals surface area contributed by atoms with Crippen molar-refractivity contribution >= 4 is 28.7 Å². The molecule has 39 heavy (non-hydrogen) atoms. The molecule has 0 saturated carbocycles. The van der Waals surface area contributed by atoms with Gasteiger partial charge in [0, 0.05) is 44.2 Å².